The van der Waals surface area contributed by atoms with Crippen molar-refractivity contribution in [2.24, 2.45) is 0 Å². The number of hydrogen-bond acceptors (Lipinski definition) is 8. The minimum atomic E-state index is -4.10. The van der Waals surface area contributed by atoms with Gasteiger partial charge in [0.1, 0.15) is 9.90 Å². The Morgan fingerprint density at radius 3 is 2.58 bits per heavy atom. The number of hydrogen-bond donors (Lipinski definition) is 4. The molecule has 0 atom stereocenters. The van der Waals surface area contributed by atoms with Crippen LogP contribution < -0.4 is 15.5 Å². The third-order valence-electron chi connectivity index (χ3n) is 5.11. The van der Waals surface area contributed by atoms with Crippen LogP contribution in [0.15, 0.2) is 40.0 Å². The maximum Gasteiger partial charge on any atom is 0.353 e. The van der Waals surface area contributed by atoms with E-state index in [9.17, 15) is 18.0 Å². The summed E-state index contributed by atoms with van der Waals surface area (Å²) in [6, 6.07) is 5.23. The number of aromatic amines is 1. The summed E-state index contributed by atoms with van der Waals surface area (Å²) in [4.78, 5) is 35.6. The van der Waals surface area contributed by atoms with E-state index in [0.29, 0.717) is 5.69 Å². The first-order chi connectivity index (χ1) is 15.7. The van der Waals surface area contributed by atoms with Crippen molar-refractivity contribution in [3.63, 3.8) is 0 Å². The molecule has 1 aromatic carbocycles. The minimum absolute atomic E-state index is 0.0720. The Kier molecular flexibility index (Phi) is 6.33. The van der Waals surface area contributed by atoms with Crippen LogP contribution in [0.1, 0.15) is 35.3 Å². The topological polar surface area (TPSA) is 157 Å². The minimum Gasteiger partial charge on any atom is -0.477 e. The van der Waals surface area contributed by atoms with Gasteiger partial charge in [-0.05, 0) is 43.9 Å². The Labute approximate surface area is 193 Å². The van der Waals surface area contributed by atoms with Crippen molar-refractivity contribution in [2.45, 2.75) is 35.6 Å². The zero-order chi connectivity index (χ0) is 23.6. The summed E-state index contributed by atoms with van der Waals surface area (Å²) in [6.45, 7) is 3.83. The Balaban J connectivity index is 1.48. The summed E-state index contributed by atoms with van der Waals surface area (Å²) in [5, 5.41) is 13.9. The van der Waals surface area contributed by atoms with Crippen molar-refractivity contribution < 1.29 is 23.1 Å². The summed E-state index contributed by atoms with van der Waals surface area (Å²) >= 11 is 0.737. The maximum absolute atomic E-state index is 12.7. The molecule has 2 aromatic heterocycles. The number of rotatable bonds is 6. The Hall–Kier alpha value is -3.45. The lowest BCUT2D eigenvalue weighted by molar-refractivity contribution is 0.0690. The molecular formula is C20H22N6O5S2. The zero-order valence-electron chi connectivity index (χ0n) is 17.7. The van der Waals surface area contributed by atoms with Crippen LogP contribution in [0.5, 0.6) is 0 Å². The van der Waals surface area contributed by atoms with Gasteiger partial charge in [0.15, 0.2) is 5.13 Å². The lowest BCUT2D eigenvalue weighted by Crippen LogP contribution is -2.31. The summed E-state index contributed by atoms with van der Waals surface area (Å²) < 4.78 is 25.1. The highest BCUT2D eigenvalue weighted by molar-refractivity contribution is 7.93. The molecule has 1 aliphatic heterocycles. The molecule has 0 spiro atoms. The number of amides is 2. The van der Waals surface area contributed by atoms with Crippen LogP contribution >= 0.6 is 11.3 Å². The summed E-state index contributed by atoms with van der Waals surface area (Å²) in [6.07, 6.45) is 5.39. The molecule has 1 aliphatic rings. The fraction of sp³-hybridized carbons (Fsp3) is 0.300. The largest absolute Gasteiger partial charge is 0.477 e. The number of imidazole rings is 1. The van der Waals surface area contributed by atoms with E-state index in [4.69, 9.17) is 5.11 Å². The fourth-order valence-corrected chi connectivity index (χ4v) is 5.75. The van der Waals surface area contributed by atoms with E-state index in [-0.39, 0.29) is 15.0 Å². The quantitative estimate of drug-likeness (QED) is 0.410. The second kappa shape index (κ2) is 9.19. The number of carboxylic acid groups (broad SMARTS) is 1. The number of carboxylic acids is 1. The average Bonchev–Trinajstić information content (AvgIpc) is 3.46. The number of benzene rings is 1. The van der Waals surface area contributed by atoms with Crippen molar-refractivity contribution in [3.8, 4) is 0 Å². The predicted molar refractivity (Wildman–Crippen MR) is 123 cm³/mol. The van der Waals surface area contributed by atoms with E-state index < -0.39 is 27.0 Å². The van der Waals surface area contributed by atoms with Crippen molar-refractivity contribution in [1.82, 2.24) is 15.0 Å². The molecule has 4 rings (SSSR count). The van der Waals surface area contributed by atoms with Crippen LogP contribution in [-0.4, -0.2) is 53.6 Å². The molecule has 0 bridgehead atoms. The van der Waals surface area contributed by atoms with Crippen LogP contribution in [0, 0.1) is 6.92 Å². The van der Waals surface area contributed by atoms with Crippen LogP contribution in [0.2, 0.25) is 0 Å². The van der Waals surface area contributed by atoms with Crippen molar-refractivity contribution in [1.29, 1.82) is 0 Å². The van der Waals surface area contributed by atoms with Gasteiger partial charge in [-0.15, -0.1) is 0 Å². The van der Waals surface area contributed by atoms with E-state index in [0.717, 1.165) is 60.9 Å². The molecule has 0 aliphatic carbocycles. The first-order valence-corrected chi connectivity index (χ1v) is 12.5. The molecule has 0 unspecified atom stereocenters. The third kappa shape index (κ3) is 4.98. The molecule has 174 valence electrons. The second-order valence-electron chi connectivity index (χ2n) is 7.54. The second-order valence-corrected chi connectivity index (χ2v) is 10.7. The Morgan fingerprint density at radius 1 is 1.12 bits per heavy atom. The monoisotopic (exact) mass is 490 g/mol. The average molecular weight is 491 g/mol. The summed E-state index contributed by atoms with van der Waals surface area (Å²) in [7, 11) is -4.10. The van der Waals surface area contributed by atoms with Gasteiger partial charge in [-0.2, -0.15) is 0 Å². The number of piperidine rings is 1. The molecule has 1 saturated heterocycles. The Bertz CT molecular complexity index is 1290. The molecule has 2 amide bonds. The number of nitrogens with zero attached hydrogens (tertiary/aromatic N) is 3. The smallest absolute Gasteiger partial charge is 0.353 e. The first kappa shape index (κ1) is 22.7. The number of carbonyl (C=O) groups excluding carboxylic acids is 1. The predicted octanol–water partition coefficient (Wildman–Crippen LogP) is 3.34. The van der Waals surface area contributed by atoms with Gasteiger partial charge >= 0.3 is 12.0 Å². The van der Waals surface area contributed by atoms with E-state index in [1.165, 1.54) is 6.42 Å². The van der Waals surface area contributed by atoms with Gasteiger partial charge in [0.2, 0.25) is 5.16 Å². The third-order valence-corrected chi connectivity index (χ3v) is 8.07. The molecule has 33 heavy (non-hydrogen) atoms. The van der Waals surface area contributed by atoms with Gasteiger partial charge in [0, 0.05) is 13.1 Å². The highest BCUT2D eigenvalue weighted by Gasteiger charge is 2.26. The van der Waals surface area contributed by atoms with E-state index in [2.05, 4.69) is 30.5 Å². The van der Waals surface area contributed by atoms with Crippen LogP contribution in [-0.2, 0) is 9.84 Å². The highest BCUT2D eigenvalue weighted by Crippen LogP contribution is 2.31. The van der Waals surface area contributed by atoms with Crippen molar-refractivity contribution in [2.75, 3.05) is 28.6 Å². The number of carbonyl (C=O) groups is 2. The lowest BCUT2D eigenvalue weighted by atomic mass is 10.1. The van der Waals surface area contributed by atoms with E-state index in [1.54, 1.807) is 0 Å². The molecular weight excluding hydrogens is 468 g/mol. The SMILES string of the molecule is Cc1ccc(NC(=O)Nc2ncc(S(=O)(=O)c3ncc(C(=O)O)[nH]3)s2)c(N2CCCCC2)c1. The van der Waals surface area contributed by atoms with Gasteiger partial charge in [-0.3, -0.25) is 5.32 Å². The number of aromatic carboxylic acids is 1. The number of urea groups is 1. The number of aromatic nitrogens is 3. The molecule has 3 aromatic rings. The van der Waals surface area contributed by atoms with Gasteiger partial charge in [0.05, 0.1) is 23.8 Å². The van der Waals surface area contributed by atoms with Crippen LogP contribution in [0.25, 0.3) is 0 Å². The zero-order valence-corrected chi connectivity index (χ0v) is 19.3. The van der Waals surface area contributed by atoms with Gasteiger partial charge < -0.3 is 20.3 Å². The van der Waals surface area contributed by atoms with Gasteiger partial charge in [0.25, 0.3) is 9.84 Å². The first-order valence-electron chi connectivity index (χ1n) is 10.2. The normalized spacial score (nSPS) is 14.2. The van der Waals surface area contributed by atoms with Crippen molar-refractivity contribution in [3.05, 3.63) is 41.9 Å². The molecule has 0 radical (unpaired) electrons. The molecule has 3 heterocycles. The van der Waals surface area contributed by atoms with Gasteiger partial charge in [-0.1, -0.05) is 17.4 Å². The van der Waals surface area contributed by atoms with Crippen LogP contribution in [0.3, 0.4) is 0 Å². The summed E-state index contributed by atoms with van der Waals surface area (Å²) in [5.74, 6) is -1.33. The maximum atomic E-state index is 12.7. The standard InChI is InChI=1S/C20H22N6O5S2/c1-12-5-6-13(15(9-12)26-7-3-2-4-8-26)23-18(29)25-19-21-11-16(32-19)33(30,31)20-22-10-14(24-20)17(27)28/h5-6,9-11H,2-4,7-8H2,1H3,(H,22,24)(H,27,28)(H2,21,23,25,29). The highest BCUT2D eigenvalue weighted by atomic mass is 32.2. The molecule has 1 fully saturated rings. The number of sulfone groups is 1. The summed E-state index contributed by atoms with van der Waals surface area (Å²) in [5.41, 5.74) is 2.33. The van der Waals surface area contributed by atoms with Crippen molar-refractivity contribution >= 4 is 49.7 Å². The molecule has 13 heteroatoms. The van der Waals surface area contributed by atoms with Crippen LogP contribution in [0.4, 0.5) is 21.3 Å². The fourth-order valence-electron chi connectivity index (χ4n) is 3.48. The van der Waals surface area contributed by atoms with Gasteiger partial charge in [-0.25, -0.2) is 28.0 Å². The number of anilines is 3. The van der Waals surface area contributed by atoms with E-state index >= 15 is 0 Å². The number of thiazole rings is 1. The lowest BCUT2D eigenvalue weighted by Gasteiger charge is -2.30. The van der Waals surface area contributed by atoms with E-state index in [1.807, 2.05) is 25.1 Å². The number of H-pyrrole nitrogens is 1. The number of aryl methyl sites for hydroxylation is 1. The molecule has 0 saturated carbocycles. The molecule has 4 N–H and O–H groups in total. The number of nitrogens with one attached hydrogen (secondary N) is 3. The molecule has 11 nitrogen and oxygen atoms in total. The Morgan fingerprint density at radius 2 is 1.88 bits per heavy atom.